The number of aromatic nitrogens is 1. The summed E-state index contributed by atoms with van der Waals surface area (Å²) in [5, 5.41) is 11.1. The van der Waals surface area contributed by atoms with Gasteiger partial charge in [-0.1, -0.05) is 61.5 Å². The molecule has 1 aromatic heterocycles. The summed E-state index contributed by atoms with van der Waals surface area (Å²) in [6, 6.07) is 19.7. The Bertz CT molecular complexity index is 1090. The zero-order valence-electron chi connectivity index (χ0n) is 16.7. The van der Waals surface area contributed by atoms with Crippen molar-refractivity contribution in [3.05, 3.63) is 107 Å². The fourth-order valence-corrected chi connectivity index (χ4v) is 3.76. The van der Waals surface area contributed by atoms with Crippen LogP contribution >= 0.6 is 0 Å². The number of aliphatic hydroxyl groups is 1. The molecule has 0 aliphatic carbocycles. The number of hydrogen-bond acceptors (Lipinski definition) is 4. The van der Waals surface area contributed by atoms with Crippen molar-refractivity contribution >= 4 is 17.4 Å². The summed E-state index contributed by atoms with van der Waals surface area (Å²) in [4.78, 5) is 31.5. The number of amides is 1. The molecule has 1 unspecified atom stereocenters. The Hall–Kier alpha value is -3.73. The van der Waals surface area contributed by atoms with Crippen molar-refractivity contribution in [1.82, 2.24) is 9.88 Å². The summed E-state index contributed by atoms with van der Waals surface area (Å²) in [7, 11) is 0. The number of aliphatic hydroxyl groups excluding tert-OH is 1. The summed E-state index contributed by atoms with van der Waals surface area (Å²) in [5.74, 6) is -1.44. The van der Waals surface area contributed by atoms with Crippen LogP contribution in [0.4, 0.5) is 0 Å². The van der Waals surface area contributed by atoms with E-state index >= 15 is 0 Å². The normalized spacial score (nSPS) is 18.0. The predicted octanol–water partition coefficient (Wildman–Crippen LogP) is 4.27. The summed E-state index contributed by atoms with van der Waals surface area (Å²) in [6.07, 6.45) is 4.18. The van der Waals surface area contributed by atoms with Crippen LogP contribution in [0.15, 0.2) is 84.7 Å². The molecular weight excluding hydrogens is 376 g/mol. The first kappa shape index (κ1) is 19.6. The highest BCUT2D eigenvalue weighted by Crippen LogP contribution is 2.40. The molecule has 0 saturated carbocycles. The van der Waals surface area contributed by atoms with Gasteiger partial charge in [0.1, 0.15) is 5.76 Å². The minimum atomic E-state index is -0.671. The number of aryl methyl sites for hydroxylation is 1. The van der Waals surface area contributed by atoms with Crippen molar-refractivity contribution in [2.45, 2.75) is 25.9 Å². The fourth-order valence-electron chi connectivity index (χ4n) is 3.76. The van der Waals surface area contributed by atoms with Crippen LogP contribution in [0, 0.1) is 0 Å². The van der Waals surface area contributed by atoms with Crippen molar-refractivity contribution in [3.63, 3.8) is 0 Å². The average Bonchev–Trinajstić information content (AvgIpc) is 3.05. The number of carbonyl (C=O) groups is 2. The van der Waals surface area contributed by atoms with Crippen molar-refractivity contribution in [2.24, 2.45) is 0 Å². The molecule has 0 radical (unpaired) electrons. The first-order valence-corrected chi connectivity index (χ1v) is 9.91. The van der Waals surface area contributed by atoms with E-state index in [1.165, 1.54) is 4.90 Å². The molecule has 1 aliphatic heterocycles. The van der Waals surface area contributed by atoms with Gasteiger partial charge in [-0.15, -0.1) is 0 Å². The van der Waals surface area contributed by atoms with Crippen LogP contribution in [-0.2, 0) is 22.6 Å². The lowest BCUT2D eigenvalue weighted by Crippen LogP contribution is -2.29. The zero-order valence-corrected chi connectivity index (χ0v) is 16.7. The van der Waals surface area contributed by atoms with Gasteiger partial charge in [0, 0.05) is 24.5 Å². The number of hydrogen-bond donors (Lipinski definition) is 1. The van der Waals surface area contributed by atoms with E-state index in [1.807, 2.05) is 54.6 Å². The molecule has 0 spiro atoms. The second kappa shape index (κ2) is 8.33. The number of rotatable bonds is 5. The second-order valence-corrected chi connectivity index (χ2v) is 7.24. The van der Waals surface area contributed by atoms with Gasteiger partial charge in [-0.3, -0.25) is 14.6 Å². The Kier molecular flexibility index (Phi) is 5.44. The van der Waals surface area contributed by atoms with Crippen LogP contribution < -0.4 is 0 Å². The Labute approximate surface area is 175 Å². The van der Waals surface area contributed by atoms with E-state index in [4.69, 9.17) is 0 Å². The Morgan fingerprint density at radius 3 is 2.23 bits per heavy atom. The third-order valence-corrected chi connectivity index (χ3v) is 5.39. The monoisotopic (exact) mass is 398 g/mol. The number of ketones is 1. The predicted molar refractivity (Wildman–Crippen MR) is 114 cm³/mol. The summed E-state index contributed by atoms with van der Waals surface area (Å²) >= 11 is 0. The van der Waals surface area contributed by atoms with E-state index in [9.17, 15) is 14.7 Å². The van der Waals surface area contributed by atoms with E-state index in [0.29, 0.717) is 5.56 Å². The topological polar surface area (TPSA) is 70.5 Å². The summed E-state index contributed by atoms with van der Waals surface area (Å²) < 4.78 is 0. The van der Waals surface area contributed by atoms with Gasteiger partial charge in [-0.05, 0) is 35.2 Å². The van der Waals surface area contributed by atoms with Crippen LogP contribution in [-0.4, -0.2) is 26.7 Å². The smallest absolute Gasteiger partial charge is 0.295 e. The quantitative estimate of drug-likeness (QED) is 0.396. The highest BCUT2D eigenvalue weighted by atomic mass is 16.3. The van der Waals surface area contributed by atoms with Crippen molar-refractivity contribution < 1.29 is 14.7 Å². The van der Waals surface area contributed by atoms with E-state index in [1.54, 1.807) is 24.5 Å². The fraction of sp³-hybridized carbons (Fsp3) is 0.160. The molecular formula is C25H22N2O3. The van der Waals surface area contributed by atoms with Gasteiger partial charge in [-0.2, -0.15) is 0 Å². The van der Waals surface area contributed by atoms with E-state index < -0.39 is 17.7 Å². The molecule has 1 N–H and O–H groups in total. The van der Waals surface area contributed by atoms with Gasteiger partial charge in [0.15, 0.2) is 0 Å². The Morgan fingerprint density at radius 2 is 1.60 bits per heavy atom. The Balaban J connectivity index is 1.83. The van der Waals surface area contributed by atoms with Crippen molar-refractivity contribution in [1.29, 1.82) is 0 Å². The molecule has 5 heteroatoms. The lowest BCUT2D eigenvalue weighted by atomic mass is 9.95. The third-order valence-electron chi connectivity index (χ3n) is 5.39. The molecule has 1 aliphatic rings. The van der Waals surface area contributed by atoms with Crippen molar-refractivity contribution in [3.8, 4) is 0 Å². The van der Waals surface area contributed by atoms with Crippen LogP contribution in [0.3, 0.4) is 0 Å². The molecule has 1 atom stereocenters. The van der Waals surface area contributed by atoms with Crippen LogP contribution in [0.2, 0.25) is 0 Å². The molecule has 4 rings (SSSR count). The number of likely N-dealkylation sites (tertiary alicyclic amines) is 1. The molecule has 30 heavy (non-hydrogen) atoms. The number of nitrogens with zero attached hydrogens (tertiary/aromatic N) is 2. The third kappa shape index (κ3) is 3.62. The largest absolute Gasteiger partial charge is 0.507 e. The highest BCUT2D eigenvalue weighted by molar-refractivity contribution is 6.46. The van der Waals surface area contributed by atoms with Gasteiger partial charge in [0.2, 0.25) is 0 Å². The average molecular weight is 398 g/mol. The van der Waals surface area contributed by atoms with E-state index in [2.05, 4.69) is 11.9 Å². The lowest BCUT2D eigenvalue weighted by Gasteiger charge is -2.25. The van der Waals surface area contributed by atoms with Gasteiger partial charge >= 0.3 is 0 Å². The zero-order chi connectivity index (χ0) is 21.1. The first-order valence-electron chi connectivity index (χ1n) is 9.91. The molecule has 0 bridgehead atoms. The molecule has 1 fully saturated rings. The molecule has 3 aromatic rings. The maximum absolute atomic E-state index is 13.0. The molecule has 2 heterocycles. The maximum atomic E-state index is 13.0. The number of Topliss-reactive ketones (excluding diaryl/α,β-unsaturated/α-hetero) is 1. The molecule has 150 valence electrons. The van der Waals surface area contributed by atoms with Crippen LogP contribution in [0.25, 0.3) is 5.76 Å². The molecule has 2 aromatic carbocycles. The first-order chi connectivity index (χ1) is 14.6. The number of benzene rings is 2. The standard InChI is InChI=1S/C25H22N2O3/c1-2-17-8-10-20(11-9-17)23(28)21-22(19-6-4-3-5-7-19)27(25(30)24(21)29)16-18-12-14-26-15-13-18/h3-15,22,28H,2,16H2,1H3/b23-21+. The number of pyridine rings is 1. The van der Waals surface area contributed by atoms with Gasteiger partial charge in [0.25, 0.3) is 11.7 Å². The lowest BCUT2D eigenvalue weighted by molar-refractivity contribution is -0.140. The van der Waals surface area contributed by atoms with Gasteiger partial charge in [-0.25, -0.2) is 0 Å². The Morgan fingerprint density at radius 1 is 0.933 bits per heavy atom. The summed E-state index contributed by atoms with van der Waals surface area (Å²) in [6.45, 7) is 2.30. The molecule has 1 saturated heterocycles. The van der Waals surface area contributed by atoms with Crippen LogP contribution in [0.5, 0.6) is 0 Å². The summed E-state index contributed by atoms with van der Waals surface area (Å²) in [5.41, 5.74) is 3.40. The molecule has 1 amide bonds. The van der Waals surface area contributed by atoms with Gasteiger partial charge < -0.3 is 10.0 Å². The SMILES string of the molecule is CCc1ccc(/C(O)=C2\C(=O)C(=O)N(Cc3ccncc3)C2c2ccccc2)cc1. The number of carbonyl (C=O) groups excluding carboxylic acids is 2. The van der Waals surface area contributed by atoms with Gasteiger partial charge in [0.05, 0.1) is 11.6 Å². The minimum Gasteiger partial charge on any atom is -0.507 e. The maximum Gasteiger partial charge on any atom is 0.295 e. The van der Waals surface area contributed by atoms with E-state index in [-0.39, 0.29) is 17.9 Å². The van der Waals surface area contributed by atoms with Crippen LogP contribution in [0.1, 0.15) is 35.2 Å². The molecule has 5 nitrogen and oxygen atoms in total. The van der Waals surface area contributed by atoms with E-state index in [0.717, 1.165) is 23.1 Å². The second-order valence-electron chi connectivity index (χ2n) is 7.24. The van der Waals surface area contributed by atoms with Crippen molar-refractivity contribution in [2.75, 3.05) is 0 Å². The minimum absolute atomic E-state index is 0.115. The highest BCUT2D eigenvalue weighted by Gasteiger charge is 2.45.